The monoisotopic (exact) mass is 336 g/mol. The third-order valence-corrected chi connectivity index (χ3v) is 4.09. The first-order valence-corrected chi connectivity index (χ1v) is 8.07. The third-order valence-electron chi connectivity index (χ3n) is 4.09. The van der Waals surface area contributed by atoms with Gasteiger partial charge in [-0.05, 0) is 31.5 Å². The summed E-state index contributed by atoms with van der Waals surface area (Å²) in [5, 5.41) is 6.99. The summed E-state index contributed by atoms with van der Waals surface area (Å²) in [6.07, 6.45) is 0. The quantitative estimate of drug-likeness (QED) is 0.760. The highest BCUT2D eigenvalue weighted by Crippen LogP contribution is 2.33. The van der Waals surface area contributed by atoms with Crippen LogP contribution in [0.4, 0.5) is 0 Å². The maximum absolute atomic E-state index is 12.9. The van der Waals surface area contributed by atoms with Crippen LogP contribution in [0.3, 0.4) is 0 Å². The summed E-state index contributed by atoms with van der Waals surface area (Å²) in [7, 11) is 1.58. The van der Waals surface area contributed by atoms with Crippen LogP contribution in [0.1, 0.15) is 34.6 Å². The number of rotatable bonds is 5. The molecule has 0 spiro atoms. The van der Waals surface area contributed by atoms with Gasteiger partial charge in [-0.25, -0.2) is 0 Å². The normalized spacial score (nSPS) is 11.8. The van der Waals surface area contributed by atoms with Crippen LogP contribution in [-0.4, -0.2) is 18.2 Å². The SMILES string of the molecule is COc1ccccc1-c1onc(C)c1C(=O)NC(C)c1ccccc1. The van der Waals surface area contributed by atoms with Gasteiger partial charge in [0.15, 0.2) is 5.76 Å². The standard InChI is InChI=1S/C20H20N2O3/c1-13(15-9-5-4-6-10-15)21-20(23)18-14(2)22-25-19(18)16-11-7-8-12-17(16)24-3/h4-13H,1-3H3,(H,21,23). The predicted molar refractivity (Wildman–Crippen MR) is 95.6 cm³/mol. The first-order chi connectivity index (χ1) is 12.1. The minimum atomic E-state index is -0.226. The summed E-state index contributed by atoms with van der Waals surface area (Å²) in [6.45, 7) is 3.70. The van der Waals surface area contributed by atoms with Gasteiger partial charge >= 0.3 is 0 Å². The van der Waals surface area contributed by atoms with E-state index < -0.39 is 0 Å². The van der Waals surface area contributed by atoms with E-state index in [0.29, 0.717) is 28.3 Å². The topological polar surface area (TPSA) is 64.4 Å². The lowest BCUT2D eigenvalue weighted by Gasteiger charge is -2.14. The van der Waals surface area contributed by atoms with Crippen molar-refractivity contribution in [3.8, 4) is 17.1 Å². The number of ether oxygens (including phenoxy) is 1. The molecule has 2 aromatic carbocycles. The van der Waals surface area contributed by atoms with Crippen LogP contribution in [0.15, 0.2) is 59.1 Å². The van der Waals surface area contributed by atoms with Gasteiger partial charge in [-0.1, -0.05) is 47.6 Å². The van der Waals surface area contributed by atoms with Crippen molar-refractivity contribution < 1.29 is 14.1 Å². The fourth-order valence-electron chi connectivity index (χ4n) is 2.75. The van der Waals surface area contributed by atoms with E-state index in [1.807, 2.05) is 61.5 Å². The molecule has 0 radical (unpaired) electrons. The average molecular weight is 336 g/mol. The van der Waals surface area contributed by atoms with Crippen molar-refractivity contribution in [3.63, 3.8) is 0 Å². The second kappa shape index (κ2) is 7.21. The van der Waals surface area contributed by atoms with Crippen LogP contribution in [0.5, 0.6) is 5.75 Å². The van der Waals surface area contributed by atoms with Crippen molar-refractivity contribution in [3.05, 3.63) is 71.4 Å². The number of para-hydroxylation sites is 1. The van der Waals surface area contributed by atoms with E-state index in [-0.39, 0.29) is 11.9 Å². The van der Waals surface area contributed by atoms with Crippen molar-refractivity contribution in [2.45, 2.75) is 19.9 Å². The van der Waals surface area contributed by atoms with Crippen molar-refractivity contribution in [2.75, 3.05) is 7.11 Å². The molecular weight excluding hydrogens is 316 g/mol. The summed E-state index contributed by atoms with van der Waals surface area (Å²) in [4.78, 5) is 12.9. The Morgan fingerprint density at radius 2 is 1.80 bits per heavy atom. The zero-order valence-corrected chi connectivity index (χ0v) is 14.4. The van der Waals surface area contributed by atoms with Gasteiger partial charge in [0.25, 0.3) is 5.91 Å². The fourth-order valence-corrected chi connectivity index (χ4v) is 2.75. The summed E-state index contributed by atoms with van der Waals surface area (Å²) < 4.78 is 10.8. The van der Waals surface area contributed by atoms with Crippen molar-refractivity contribution in [1.29, 1.82) is 0 Å². The third kappa shape index (κ3) is 3.40. The highest BCUT2D eigenvalue weighted by atomic mass is 16.5. The molecule has 0 saturated heterocycles. The lowest BCUT2D eigenvalue weighted by atomic mass is 10.0. The number of methoxy groups -OCH3 is 1. The largest absolute Gasteiger partial charge is 0.496 e. The number of nitrogens with one attached hydrogen (secondary N) is 1. The Balaban J connectivity index is 1.93. The van der Waals surface area contributed by atoms with Gasteiger partial charge in [0, 0.05) is 0 Å². The fraction of sp³-hybridized carbons (Fsp3) is 0.200. The van der Waals surface area contributed by atoms with Gasteiger partial charge in [0.05, 0.1) is 24.4 Å². The maximum atomic E-state index is 12.9. The van der Waals surface area contributed by atoms with Gasteiger partial charge < -0.3 is 14.6 Å². The lowest BCUT2D eigenvalue weighted by molar-refractivity contribution is 0.0939. The molecule has 1 amide bonds. The van der Waals surface area contributed by atoms with Crippen LogP contribution in [0, 0.1) is 6.92 Å². The molecule has 0 bridgehead atoms. The van der Waals surface area contributed by atoms with E-state index in [0.717, 1.165) is 5.56 Å². The molecule has 1 heterocycles. The van der Waals surface area contributed by atoms with E-state index in [1.165, 1.54) is 0 Å². The Kier molecular flexibility index (Phi) is 4.84. The molecule has 1 atom stereocenters. The van der Waals surface area contributed by atoms with E-state index in [4.69, 9.17) is 9.26 Å². The molecule has 5 nitrogen and oxygen atoms in total. The van der Waals surface area contributed by atoms with Crippen LogP contribution in [-0.2, 0) is 0 Å². The van der Waals surface area contributed by atoms with E-state index in [1.54, 1.807) is 14.0 Å². The van der Waals surface area contributed by atoms with Gasteiger partial charge in [0.2, 0.25) is 0 Å². The van der Waals surface area contributed by atoms with E-state index in [2.05, 4.69) is 10.5 Å². The van der Waals surface area contributed by atoms with Crippen molar-refractivity contribution >= 4 is 5.91 Å². The molecule has 1 unspecified atom stereocenters. The molecular formula is C20H20N2O3. The molecule has 0 aliphatic heterocycles. The number of carbonyl (C=O) groups is 1. The van der Waals surface area contributed by atoms with E-state index in [9.17, 15) is 4.79 Å². The highest BCUT2D eigenvalue weighted by Gasteiger charge is 2.25. The second-order valence-corrected chi connectivity index (χ2v) is 5.78. The number of nitrogens with zero attached hydrogens (tertiary/aromatic N) is 1. The Morgan fingerprint density at radius 1 is 1.12 bits per heavy atom. The van der Waals surface area contributed by atoms with Gasteiger partial charge in [-0.2, -0.15) is 0 Å². The zero-order valence-electron chi connectivity index (χ0n) is 14.4. The minimum Gasteiger partial charge on any atom is -0.496 e. The first kappa shape index (κ1) is 16.8. The molecule has 3 rings (SSSR count). The van der Waals surface area contributed by atoms with Crippen LogP contribution in [0.2, 0.25) is 0 Å². The molecule has 0 saturated carbocycles. The molecule has 1 aromatic heterocycles. The number of carbonyl (C=O) groups excluding carboxylic acids is 1. The average Bonchev–Trinajstić information content (AvgIpc) is 3.03. The number of benzene rings is 2. The number of aromatic nitrogens is 1. The number of hydrogen-bond donors (Lipinski definition) is 1. The molecule has 0 fully saturated rings. The van der Waals surface area contributed by atoms with Crippen LogP contribution >= 0.6 is 0 Å². The Morgan fingerprint density at radius 3 is 2.52 bits per heavy atom. The Hall–Kier alpha value is -3.08. The molecule has 1 N–H and O–H groups in total. The summed E-state index contributed by atoms with van der Waals surface area (Å²) in [5.74, 6) is 0.813. The number of hydrogen-bond acceptors (Lipinski definition) is 4. The summed E-state index contributed by atoms with van der Waals surface area (Å²) in [5.41, 5.74) is 2.69. The van der Waals surface area contributed by atoms with Crippen LogP contribution in [0.25, 0.3) is 11.3 Å². The number of amides is 1. The smallest absolute Gasteiger partial charge is 0.257 e. The Labute approximate surface area is 146 Å². The Bertz CT molecular complexity index is 872. The molecule has 25 heavy (non-hydrogen) atoms. The predicted octanol–water partition coefficient (Wildman–Crippen LogP) is 4.15. The lowest BCUT2D eigenvalue weighted by Crippen LogP contribution is -2.27. The minimum absolute atomic E-state index is 0.131. The zero-order chi connectivity index (χ0) is 17.8. The van der Waals surface area contributed by atoms with Gasteiger partial charge in [0.1, 0.15) is 11.3 Å². The number of aryl methyl sites for hydroxylation is 1. The van der Waals surface area contributed by atoms with Gasteiger partial charge in [-0.15, -0.1) is 0 Å². The summed E-state index contributed by atoms with van der Waals surface area (Å²) in [6, 6.07) is 17.1. The second-order valence-electron chi connectivity index (χ2n) is 5.78. The molecule has 128 valence electrons. The molecule has 0 aliphatic rings. The maximum Gasteiger partial charge on any atom is 0.257 e. The molecule has 3 aromatic rings. The molecule has 5 heteroatoms. The van der Waals surface area contributed by atoms with Crippen LogP contribution < -0.4 is 10.1 Å². The van der Waals surface area contributed by atoms with Crippen molar-refractivity contribution in [1.82, 2.24) is 10.5 Å². The van der Waals surface area contributed by atoms with E-state index >= 15 is 0 Å². The van der Waals surface area contributed by atoms with Gasteiger partial charge in [-0.3, -0.25) is 4.79 Å². The molecule has 0 aliphatic carbocycles. The first-order valence-electron chi connectivity index (χ1n) is 8.07. The summed E-state index contributed by atoms with van der Waals surface area (Å²) >= 11 is 0. The van der Waals surface area contributed by atoms with Crippen molar-refractivity contribution in [2.24, 2.45) is 0 Å². The highest BCUT2D eigenvalue weighted by molar-refractivity contribution is 6.01.